The molecule has 0 radical (unpaired) electrons. The molecule has 68 heavy (non-hydrogen) atoms. The second kappa shape index (κ2) is 14.5. The highest BCUT2D eigenvalue weighted by Crippen LogP contribution is 2.54. The van der Waals surface area contributed by atoms with Crippen LogP contribution in [0.25, 0.3) is 22.1 Å². The lowest BCUT2D eigenvalue weighted by molar-refractivity contribution is 0.332. The number of benzene rings is 6. The van der Waals surface area contributed by atoms with Gasteiger partial charge in [0.15, 0.2) is 0 Å². The highest BCUT2D eigenvalue weighted by Gasteiger charge is 2.49. The molecule has 0 saturated heterocycles. The van der Waals surface area contributed by atoms with E-state index in [1.807, 2.05) is 0 Å². The Morgan fingerprint density at radius 3 is 1.71 bits per heavy atom. The molecule has 4 nitrogen and oxygen atoms in total. The minimum absolute atomic E-state index is 0.0110. The molecule has 7 aromatic rings. The van der Waals surface area contributed by atoms with E-state index in [4.69, 9.17) is 4.42 Å². The average Bonchev–Trinajstić information content (AvgIpc) is 3.67. The molecule has 3 heterocycles. The van der Waals surface area contributed by atoms with Gasteiger partial charge in [-0.25, -0.2) is 0 Å². The van der Waals surface area contributed by atoms with E-state index >= 15 is 0 Å². The second-order valence-electron chi connectivity index (χ2n) is 25.5. The fourth-order valence-corrected chi connectivity index (χ4v) is 12.4. The molecule has 11 rings (SSSR count). The van der Waals surface area contributed by atoms with Crippen molar-refractivity contribution in [2.45, 2.75) is 155 Å². The molecule has 0 bridgehead atoms. The summed E-state index contributed by atoms with van der Waals surface area (Å²) in [4.78, 5) is 4.93. The smallest absolute Gasteiger partial charge is 0.257 e. The molecular formula is C63H68BN3O. The summed E-state index contributed by atoms with van der Waals surface area (Å²) in [6.45, 7) is 33.0. The topological polar surface area (TPSA) is 43.4 Å². The zero-order valence-electron chi connectivity index (χ0n) is 43.0. The summed E-state index contributed by atoms with van der Waals surface area (Å²) in [5, 5.41) is 12.3. The van der Waals surface area contributed by atoms with E-state index in [1.165, 1.54) is 55.5 Å². The van der Waals surface area contributed by atoms with Crippen LogP contribution in [0.1, 0.15) is 162 Å². The molecule has 0 N–H and O–H groups in total. The molecule has 5 heteroatoms. The van der Waals surface area contributed by atoms with Crippen molar-refractivity contribution in [1.29, 1.82) is 5.26 Å². The number of furan rings is 1. The van der Waals surface area contributed by atoms with Gasteiger partial charge in [0.1, 0.15) is 5.58 Å². The minimum Gasteiger partial charge on any atom is -0.440 e. The van der Waals surface area contributed by atoms with E-state index in [0.29, 0.717) is 5.56 Å². The van der Waals surface area contributed by atoms with E-state index in [-0.39, 0.29) is 39.2 Å². The van der Waals surface area contributed by atoms with Crippen LogP contribution < -0.4 is 26.2 Å². The van der Waals surface area contributed by atoms with Crippen molar-refractivity contribution in [3.05, 3.63) is 148 Å². The van der Waals surface area contributed by atoms with Crippen LogP contribution in [0, 0.1) is 11.3 Å². The van der Waals surface area contributed by atoms with Crippen molar-refractivity contribution in [2.75, 3.05) is 9.80 Å². The summed E-state index contributed by atoms with van der Waals surface area (Å²) in [5.74, 6) is 0.819. The Hall–Kier alpha value is -5.99. The van der Waals surface area contributed by atoms with E-state index in [9.17, 15) is 5.26 Å². The quantitative estimate of drug-likeness (QED) is 0.166. The Balaban J connectivity index is 1.31. The number of fused-ring (bicyclic) bond motifs is 8. The van der Waals surface area contributed by atoms with Gasteiger partial charge in [-0.15, -0.1) is 0 Å². The van der Waals surface area contributed by atoms with Gasteiger partial charge in [0, 0.05) is 39.2 Å². The van der Waals surface area contributed by atoms with Crippen LogP contribution in [0.3, 0.4) is 0 Å². The molecule has 0 spiro atoms. The first-order valence-corrected chi connectivity index (χ1v) is 25.2. The Morgan fingerprint density at radius 1 is 0.529 bits per heavy atom. The Morgan fingerprint density at radius 2 is 1.09 bits per heavy atom. The molecule has 6 aromatic carbocycles. The number of rotatable bonds is 3. The summed E-state index contributed by atoms with van der Waals surface area (Å²) in [6, 6.07) is 44.1. The minimum atomic E-state index is -0.171. The molecule has 0 fully saturated rings. The third-order valence-corrected chi connectivity index (χ3v) is 16.9. The maximum atomic E-state index is 11.2. The molecule has 1 aromatic heterocycles. The monoisotopic (exact) mass is 894 g/mol. The van der Waals surface area contributed by atoms with Crippen molar-refractivity contribution in [2.24, 2.45) is 0 Å². The standard InChI is InChI=1S/C63H68BN3O/c1-58(2,3)40-20-24-50(43(32-40)39-18-16-15-17-19-39)67-53-31-38(37-65)30-52-56(53)64(55-44-33-41(59(4,5)6)21-25-54(44)68-57(55)67)49-35-47-48(63(13,14)29-28-62(47,11)12)36-51(49)66(52)42-22-23-45-46(34-42)61(9,10)27-26-60(45,7)8/h15-25,30-36H,26-29H2,1-14H3. The lowest BCUT2D eigenvalue weighted by atomic mass is 9.33. The molecule has 0 saturated carbocycles. The van der Waals surface area contributed by atoms with Gasteiger partial charge in [-0.05, 0) is 163 Å². The van der Waals surface area contributed by atoms with E-state index < -0.39 is 0 Å². The summed E-state index contributed by atoms with van der Waals surface area (Å²) in [6.07, 6.45) is 4.53. The van der Waals surface area contributed by atoms with Gasteiger partial charge in [0.05, 0.1) is 17.3 Å². The zero-order chi connectivity index (χ0) is 48.2. The second-order valence-corrected chi connectivity index (χ2v) is 25.5. The van der Waals surface area contributed by atoms with Crippen molar-refractivity contribution >= 4 is 68.4 Å². The number of hydrogen-bond acceptors (Lipinski definition) is 4. The van der Waals surface area contributed by atoms with Crippen molar-refractivity contribution < 1.29 is 4.42 Å². The van der Waals surface area contributed by atoms with Gasteiger partial charge in [-0.1, -0.05) is 152 Å². The van der Waals surface area contributed by atoms with Crippen LogP contribution in [0.2, 0.25) is 0 Å². The lowest BCUT2D eigenvalue weighted by Crippen LogP contribution is -2.61. The normalized spacial score (nSPS) is 18.3. The van der Waals surface area contributed by atoms with E-state index in [2.05, 4.69) is 222 Å². The van der Waals surface area contributed by atoms with Crippen molar-refractivity contribution in [3.8, 4) is 17.2 Å². The maximum absolute atomic E-state index is 11.2. The highest BCUT2D eigenvalue weighted by molar-refractivity contribution is 7.01. The van der Waals surface area contributed by atoms with Crippen molar-refractivity contribution in [3.63, 3.8) is 0 Å². The summed E-state index contributed by atoms with van der Waals surface area (Å²) >= 11 is 0. The third kappa shape index (κ3) is 6.67. The SMILES string of the molecule is CC(C)(C)c1ccc(N2c3cc(C#N)cc4c3B(c3cc5c(cc3N4c3ccc4c(c3)C(C)(C)CCC4(C)C)C(C)(C)CCC5(C)C)c3c2oc2ccc(C(C)(C)C)cc32)c(-c2ccccc2)c1. The van der Waals surface area contributed by atoms with Gasteiger partial charge >= 0.3 is 0 Å². The lowest BCUT2D eigenvalue weighted by Gasteiger charge is -2.47. The Bertz CT molecular complexity index is 3290. The van der Waals surface area contributed by atoms with Gasteiger partial charge in [0.25, 0.3) is 6.71 Å². The fraction of sp³-hybridized carbons (Fsp3) is 0.381. The third-order valence-electron chi connectivity index (χ3n) is 16.9. The Kier molecular flexibility index (Phi) is 9.51. The molecule has 344 valence electrons. The first kappa shape index (κ1) is 44.5. The molecule has 0 amide bonds. The number of nitrogens with zero attached hydrogens (tertiary/aromatic N) is 3. The van der Waals surface area contributed by atoms with E-state index in [1.54, 1.807) is 0 Å². The van der Waals surface area contributed by atoms with Gasteiger partial charge in [0.2, 0.25) is 5.88 Å². The summed E-state index contributed by atoms with van der Waals surface area (Å²) in [5.41, 5.74) is 21.0. The summed E-state index contributed by atoms with van der Waals surface area (Å²) < 4.78 is 7.39. The van der Waals surface area contributed by atoms with E-state index in [0.717, 1.165) is 76.4 Å². The van der Waals surface area contributed by atoms with Crippen LogP contribution in [0.15, 0.2) is 114 Å². The van der Waals surface area contributed by atoms with Crippen molar-refractivity contribution in [1.82, 2.24) is 0 Å². The predicted octanol–water partition coefficient (Wildman–Crippen LogP) is 15.3. The number of anilines is 6. The van der Waals surface area contributed by atoms with Crippen LogP contribution >= 0.6 is 0 Å². The highest BCUT2D eigenvalue weighted by atomic mass is 16.4. The van der Waals surface area contributed by atoms with Crippen LogP contribution in [0.4, 0.5) is 34.3 Å². The first-order valence-electron chi connectivity index (χ1n) is 25.2. The molecule has 2 aliphatic carbocycles. The van der Waals surface area contributed by atoms with Crippen LogP contribution in [-0.2, 0) is 32.5 Å². The van der Waals surface area contributed by atoms with Gasteiger partial charge in [-0.3, -0.25) is 4.90 Å². The average molecular weight is 894 g/mol. The zero-order valence-corrected chi connectivity index (χ0v) is 43.0. The predicted molar refractivity (Wildman–Crippen MR) is 288 cm³/mol. The van der Waals surface area contributed by atoms with Gasteiger partial charge < -0.3 is 9.32 Å². The number of hydrogen-bond donors (Lipinski definition) is 0. The summed E-state index contributed by atoms with van der Waals surface area (Å²) in [7, 11) is 0. The largest absolute Gasteiger partial charge is 0.440 e. The molecule has 4 aliphatic rings. The molecule has 0 atom stereocenters. The first-order chi connectivity index (χ1) is 31.9. The number of nitriles is 1. The molecular weight excluding hydrogens is 826 g/mol. The molecule has 0 unspecified atom stereocenters. The van der Waals surface area contributed by atoms with Crippen LogP contribution in [-0.4, -0.2) is 6.71 Å². The molecule has 2 aliphatic heterocycles. The fourth-order valence-electron chi connectivity index (χ4n) is 12.4. The Labute approximate surface area is 406 Å². The van der Waals surface area contributed by atoms with Gasteiger partial charge in [-0.2, -0.15) is 5.26 Å². The van der Waals surface area contributed by atoms with Crippen LogP contribution in [0.5, 0.6) is 0 Å². The maximum Gasteiger partial charge on any atom is 0.257 e.